The van der Waals surface area contributed by atoms with Crippen molar-refractivity contribution in [3.63, 3.8) is 0 Å². The van der Waals surface area contributed by atoms with Crippen LogP contribution in [-0.4, -0.2) is 36.7 Å². The molecule has 3 aromatic carbocycles. The lowest BCUT2D eigenvalue weighted by Crippen LogP contribution is -2.12. The van der Waals surface area contributed by atoms with E-state index in [1.54, 1.807) is 18.2 Å². The minimum absolute atomic E-state index is 0.0749. The Morgan fingerprint density at radius 1 is 0.941 bits per heavy atom. The van der Waals surface area contributed by atoms with Gasteiger partial charge in [0.15, 0.2) is 5.78 Å². The summed E-state index contributed by atoms with van der Waals surface area (Å²) in [6, 6.07) is 15.5. The van der Waals surface area contributed by atoms with Gasteiger partial charge in [-0.25, -0.2) is 9.18 Å². The molecular weight excluding hydrogens is 439 g/mol. The Balaban J connectivity index is 1.41. The van der Waals surface area contributed by atoms with Gasteiger partial charge in [0.25, 0.3) is 0 Å². The highest BCUT2D eigenvalue weighted by atomic mass is 19.1. The van der Waals surface area contributed by atoms with E-state index in [2.05, 4.69) is 0 Å². The van der Waals surface area contributed by atoms with Crippen molar-refractivity contribution >= 4 is 29.2 Å². The number of ether oxygens (including phenoxy) is 2. The topological polar surface area (TPSA) is 125 Å². The highest BCUT2D eigenvalue weighted by Crippen LogP contribution is 2.22. The molecule has 0 amide bonds. The number of carboxylic acid groups (broad SMARTS) is 1. The van der Waals surface area contributed by atoms with E-state index in [0.29, 0.717) is 47.9 Å². The normalized spacial score (nSPS) is 11.0. The molecule has 7 nitrogen and oxygen atoms in total. The van der Waals surface area contributed by atoms with Gasteiger partial charge in [-0.2, -0.15) is 0 Å². The Labute approximate surface area is 196 Å². The Morgan fingerprint density at radius 3 is 2.32 bits per heavy atom. The van der Waals surface area contributed by atoms with Gasteiger partial charge in [-0.15, -0.1) is 0 Å². The summed E-state index contributed by atoms with van der Waals surface area (Å²) in [5, 5.41) is 9.32. The van der Waals surface area contributed by atoms with Crippen LogP contribution in [0.4, 0.5) is 15.8 Å². The number of rotatable bonds is 11. The second-order valence-electron chi connectivity index (χ2n) is 7.43. The van der Waals surface area contributed by atoms with Crippen LogP contribution in [0.25, 0.3) is 6.08 Å². The predicted octanol–water partition coefficient (Wildman–Crippen LogP) is 4.22. The number of anilines is 2. The molecule has 0 fully saturated rings. The average Bonchev–Trinajstić information content (AvgIpc) is 2.81. The molecule has 0 aliphatic carbocycles. The summed E-state index contributed by atoms with van der Waals surface area (Å²) >= 11 is 0. The van der Waals surface area contributed by atoms with Crippen molar-refractivity contribution in [2.75, 3.05) is 31.3 Å². The van der Waals surface area contributed by atoms with E-state index < -0.39 is 5.97 Å². The molecule has 5 N–H and O–H groups in total. The summed E-state index contributed by atoms with van der Waals surface area (Å²) in [5.41, 5.74) is 14.0. The van der Waals surface area contributed by atoms with Crippen LogP contribution in [0, 0.1) is 5.82 Å². The molecule has 0 aromatic heterocycles. The Hall–Kier alpha value is -4.17. The van der Waals surface area contributed by atoms with Gasteiger partial charge in [-0.05, 0) is 72.2 Å². The lowest BCUT2D eigenvalue weighted by Gasteiger charge is -2.12. The zero-order chi connectivity index (χ0) is 24.5. The van der Waals surface area contributed by atoms with Crippen molar-refractivity contribution < 1.29 is 28.6 Å². The first kappa shape index (κ1) is 24.5. The fourth-order valence-corrected chi connectivity index (χ4v) is 3.24. The molecule has 8 heteroatoms. The van der Waals surface area contributed by atoms with E-state index in [4.69, 9.17) is 20.9 Å². The lowest BCUT2D eigenvalue weighted by atomic mass is 10.0. The predicted molar refractivity (Wildman–Crippen MR) is 128 cm³/mol. The largest absolute Gasteiger partial charge is 0.491 e. The standard InChI is InChI=1S/C26H25FN2O5/c27-19-6-4-18(5-7-19)25(30)10-3-17-1-8-21(9-2-17)34-14-13-33-12-11-22-23(26(31)32)15-20(28)16-24(22)29/h1-10,15-16H,11-14,28-29H2,(H,31,32). The lowest BCUT2D eigenvalue weighted by molar-refractivity contribution is 0.0693. The summed E-state index contributed by atoms with van der Waals surface area (Å²) in [5.74, 6) is -1.05. The molecule has 0 unspecified atom stereocenters. The highest BCUT2D eigenvalue weighted by Gasteiger charge is 2.14. The number of carboxylic acids is 1. The summed E-state index contributed by atoms with van der Waals surface area (Å²) < 4.78 is 24.1. The fourth-order valence-electron chi connectivity index (χ4n) is 3.24. The maximum absolute atomic E-state index is 12.9. The van der Waals surface area contributed by atoms with Crippen LogP contribution in [0.2, 0.25) is 0 Å². The highest BCUT2D eigenvalue weighted by molar-refractivity contribution is 6.06. The van der Waals surface area contributed by atoms with Crippen molar-refractivity contribution in [2.45, 2.75) is 6.42 Å². The van der Waals surface area contributed by atoms with E-state index in [9.17, 15) is 19.1 Å². The minimum Gasteiger partial charge on any atom is -0.491 e. The zero-order valence-electron chi connectivity index (χ0n) is 18.4. The second-order valence-corrected chi connectivity index (χ2v) is 7.43. The van der Waals surface area contributed by atoms with Gasteiger partial charge >= 0.3 is 5.97 Å². The molecule has 176 valence electrons. The summed E-state index contributed by atoms with van der Waals surface area (Å²) in [7, 11) is 0. The van der Waals surface area contributed by atoms with Gasteiger partial charge in [-0.3, -0.25) is 4.79 Å². The number of aromatic carboxylic acids is 1. The van der Waals surface area contributed by atoms with Crippen LogP contribution in [0.15, 0.2) is 66.7 Å². The average molecular weight is 464 g/mol. The van der Waals surface area contributed by atoms with Gasteiger partial charge in [0.05, 0.1) is 18.8 Å². The van der Waals surface area contributed by atoms with E-state index in [1.165, 1.54) is 42.5 Å². The first-order valence-electron chi connectivity index (χ1n) is 10.5. The van der Waals surface area contributed by atoms with Crippen molar-refractivity contribution in [3.05, 3.63) is 94.8 Å². The Bertz CT molecular complexity index is 1180. The number of nitrogen functional groups attached to an aromatic ring is 2. The van der Waals surface area contributed by atoms with Gasteiger partial charge in [0.1, 0.15) is 18.2 Å². The quantitative estimate of drug-likeness (QED) is 0.168. The molecule has 0 heterocycles. The zero-order valence-corrected chi connectivity index (χ0v) is 18.4. The van der Waals surface area contributed by atoms with E-state index >= 15 is 0 Å². The van der Waals surface area contributed by atoms with Crippen LogP contribution < -0.4 is 16.2 Å². The molecule has 0 aliphatic rings. The van der Waals surface area contributed by atoms with Gasteiger partial charge in [0, 0.05) is 16.9 Å². The Kier molecular flexibility index (Phi) is 8.37. The maximum atomic E-state index is 12.9. The number of hydrogen-bond donors (Lipinski definition) is 3. The molecule has 0 spiro atoms. The molecule has 3 rings (SSSR count). The number of halogens is 1. The molecular formula is C26H25FN2O5. The van der Waals surface area contributed by atoms with Crippen molar-refractivity contribution in [1.82, 2.24) is 0 Å². The third-order valence-electron chi connectivity index (χ3n) is 4.97. The molecule has 0 aliphatic heterocycles. The molecule has 0 radical (unpaired) electrons. The van der Waals surface area contributed by atoms with Crippen LogP contribution in [0.3, 0.4) is 0 Å². The second kappa shape index (κ2) is 11.6. The van der Waals surface area contributed by atoms with Crippen molar-refractivity contribution in [3.8, 4) is 5.75 Å². The minimum atomic E-state index is -1.09. The monoisotopic (exact) mass is 464 g/mol. The summed E-state index contributed by atoms with van der Waals surface area (Å²) in [6.07, 6.45) is 3.44. The van der Waals surface area contributed by atoms with Crippen LogP contribution in [-0.2, 0) is 11.2 Å². The number of benzene rings is 3. The first-order valence-corrected chi connectivity index (χ1v) is 10.5. The third-order valence-corrected chi connectivity index (χ3v) is 4.97. The number of carbonyl (C=O) groups is 2. The summed E-state index contributed by atoms with van der Waals surface area (Å²) in [6.45, 7) is 0.899. The number of allylic oxidation sites excluding steroid dienone is 1. The number of carbonyl (C=O) groups excluding carboxylic acids is 1. The van der Waals surface area contributed by atoms with Crippen molar-refractivity contribution in [1.29, 1.82) is 0 Å². The first-order chi connectivity index (χ1) is 16.3. The number of hydrogen-bond acceptors (Lipinski definition) is 6. The molecule has 3 aromatic rings. The van der Waals surface area contributed by atoms with Crippen LogP contribution >= 0.6 is 0 Å². The smallest absolute Gasteiger partial charge is 0.336 e. The van der Waals surface area contributed by atoms with Crippen LogP contribution in [0.1, 0.15) is 31.8 Å². The van der Waals surface area contributed by atoms with Gasteiger partial charge in [0.2, 0.25) is 0 Å². The number of ketones is 1. The molecule has 0 bridgehead atoms. The molecule has 34 heavy (non-hydrogen) atoms. The van der Waals surface area contributed by atoms with Gasteiger partial charge in [-0.1, -0.05) is 18.2 Å². The third kappa shape index (κ3) is 6.91. The van der Waals surface area contributed by atoms with Gasteiger partial charge < -0.3 is 26.0 Å². The van der Waals surface area contributed by atoms with E-state index in [0.717, 1.165) is 5.56 Å². The number of nitrogens with two attached hydrogens (primary N) is 2. The molecule has 0 saturated carbocycles. The van der Waals surface area contributed by atoms with E-state index in [1.807, 2.05) is 12.1 Å². The molecule has 0 atom stereocenters. The Morgan fingerprint density at radius 2 is 1.65 bits per heavy atom. The van der Waals surface area contributed by atoms with E-state index in [-0.39, 0.29) is 23.8 Å². The SMILES string of the molecule is Nc1cc(N)c(CCOCCOc2ccc(C=CC(=O)c3ccc(F)cc3)cc2)c(C(=O)O)c1. The maximum Gasteiger partial charge on any atom is 0.336 e. The van der Waals surface area contributed by atoms with Crippen LogP contribution in [0.5, 0.6) is 5.75 Å². The van der Waals surface area contributed by atoms with Crippen molar-refractivity contribution in [2.24, 2.45) is 0 Å². The fraction of sp³-hybridized carbons (Fsp3) is 0.154. The molecule has 0 saturated heterocycles. The summed E-state index contributed by atoms with van der Waals surface area (Å²) in [4.78, 5) is 23.5.